The van der Waals surface area contributed by atoms with Crippen LogP contribution in [-0.4, -0.2) is 45.9 Å². The predicted molar refractivity (Wildman–Crippen MR) is 118 cm³/mol. The number of alkyl halides is 3. The second-order valence-electron chi connectivity index (χ2n) is 8.10. The van der Waals surface area contributed by atoms with E-state index in [1.807, 2.05) is 18.2 Å². The topological polar surface area (TPSA) is 76.9 Å². The van der Waals surface area contributed by atoms with Crippen molar-refractivity contribution < 1.29 is 17.9 Å². The minimum absolute atomic E-state index is 0. The quantitative estimate of drug-likeness (QED) is 0.583. The second-order valence-corrected chi connectivity index (χ2v) is 8.10. The third kappa shape index (κ3) is 4.83. The lowest BCUT2D eigenvalue weighted by Crippen LogP contribution is -2.45. The normalized spacial score (nSPS) is 20.1. The first-order chi connectivity index (χ1) is 15.5. The molecule has 2 aromatic carbocycles. The number of piperidine rings is 1. The highest BCUT2D eigenvalue weighted by molar-refractivity contribution is 5.85. The number of fused-ring (bicyclic) bond motifs is 1. The molecular formula is C22H24ClF3N6O. The molecular weight excluding hydrogens is 457 g/mol. The molecule has 0 unspecified atom stereocenters. The molecule has 3 heterocycles. The number of nitrogens with zero attached hydrogens (tertiary/aromatic N) is 4. The highest BCUT2D eigenvalue weighted by atomic mass is 35.5. The molecule has 0 amide bonds. The molecule has 1 aromatic heterocycles. The second kappa shape index (κ2) is 9.66. The van der Waals surface area contributed by atoms with Crippen molar-refractivity contribution >= 4 is 12.4 Å². The monoisotopic (exact) mass is 480 g/mol. The van der Waals surface area contributed by atoms with Gasteiger partial charge < -0.3 is 15.4 Å². The van der Waals surface area contributed by atoms with Gasteiger partial charge in [0.05, 0.1) is 12.3 Å². The maximum absolute atomic E-state index is 13.3. The van der Waals surface area contributed by atoms with Crippen molar-refractivity contribution in [2.45, 2.75) is 37.5 Å². The number of ether oxygens (including phenoxy) is 1. The van der Waals surface area contributed by atoms with Crippen LogP contribution in [0.4, 0.5) is 13.2 Å². The van der Waals surface area contributed by atoms with Crippen LogP contribution in [0, 0.1) is 0 Å². The number of aromatic nitrogens is 4. The molecule has 1 fully saturated rings. The van der Waals surface area contributed by atoms with Crippen LogP contribution in [0.25, 0.3) is 5.69 Å². The van der Waals surface area contributed by atoms with E-state index >= 15 is 0 Å². The van der Waals surface area contributed by atoms with Crippen LogP contribution >= 0.6 is 12.4 Å². The minimum atomic E-state index is -4.64. The molecule has 2 atom stereocenters. The number of nitrogens with one attached hydrogen (secondary N) is 2. The summed E-state index contributed by atoms with van der Waals surface area (Å²) in [6, 6.07) is 13.9. The third-order valence-electron chi connectivity index (χ3n) is 6.08. The molecule has 0 spiro atoms. The lowest BCUT2D eigenvalue weighted by molar-refractivity contribution is -0.146. The largest absolute Gasteiger partial charge is 0.493 e. The third-order valence-corrected chi connectivity index (χ3v) is 6.08. The number of hydrogen-bond acceptors (Lipinski definition) is 6. The molecule has 3 aromatic rings. The van der Waals surface area contributed by atoms with Crippen LogP contribution in [0.1, 0.15) is 34.9 Å². The van der Waals surface area contributed by atoms with Gasteiger partial charge in [0.2, 0.25) is 0 Å². The number of halogens is 4. The van der Waals surface area contributed by atoms with E-state index in [9.17, 15) is 13.2 Å². The van der Waals surface area contributed by atoms with Gasteiger partial charge in [-0.1, -0.05) is 30.3 Å². The lowest BCUT2D eigenvalue weighted by atomic mass is 9.87. The van der Waals surface area contributed by atoms with E-state index in [4.69, 9.17) is 4.74 Å². The van der Waals surface area contributed by atoms with E-state index in [0.717, 1.165) is 41.1 Å². The summed E-state index contributed by atoms with van der Waals surface area (Å²) < 4.78 is 46.6. The Morgan fingerprint density at radius 3 is 2.79 bits per heavy atom. The first kappa shape index (κ1) is 23.5. The summed E-state index contributed by atoms with van der Waals surface area (Å²) in [6.07, 6.45) is -3.05. The van der Waals surface area contributed by atoms with Gasteiger partial charge in [0.15, 0.2) is 0 Å². The van der Waals surface area contributed by atoms with E-state index in [1.54, 1.807) is 12.1 Å². The molecule has 2 aliphatic heterocycles. The molecule has 0 saturated carbocycles. The summed E-state index contributed by atoms with van der Waals surface area (Å²) in [7, 11) is 0. The molecule has 0 radical (unpaired) electrons. The molecule has 1 saturated heterocycles. The molecule has 7 nitrogen and oxygen atoms in total. The molecule has 0 bridgehead atoms. The lowest BCUT2D eigenvalue weighted by Gasteiger charge is -2.33. The number of hydrogen-bond donors (Lipinski definition) is 2. The van der Waals surface area contributed by atoms with Crippen molar-refractivity contribution in [3.63, 3.8) is 0 Å². The van der Waals surface area contributed by atoms with E-state index in [-0.39, 0.29) is 24.1 Å². The molecule has 5 rings (SSSR count). The van der Waals surface area contributed by atoms with Gasteiger partial charge in [0.1, 0.15) is 5.75 Å². The van der Waals surface area contributed by atoms with Gasteiger partial charge in [-0.05, 0) is 46.7 Å². The summed E-state index contributed by atoms with van der Waals surface area (Å²) in [6.45, 7) is 2.77. The Morgan fingerprint density at radius 1 is 1.18 bits per heavy atom. The van der Waals surface area contributed by atoms with Crippen LogP contribution in [0.5, 0.6) is 5.75 Å². The number of benzene rings is 2. The van der Waals surface area contributed by atoms with Crippen LogP contribution in [0.2, 0.25) is 0 Å². The van der Waals surface area contributed by atoms with Gasteiger partial charge in [-0.2, -0.15) is 17.9 Å². The first-order valence-corrected chi connectivity index (χ1v) is 10.6. The molecule has 2 aliphatic rings. The van der Waals surface area contributed by atoms with E-state index in [2.05, 4.69) is 38.3 Å². The zero-order valence-electron chi connectivity index (χ0n) is 17.7. The summed E-state index contributed by atoms with van der Waals surface area (Å²) >= 11 is 0. The van der Waals surface area contributed by atoms with Crippen LogP contribution in [-0.2, 0) is 19.1 Å². The van der Waals surface area contributed by atoms with Gasteiger partial charge in [0.25, 0.3) is 5.82 Å². The summed E-state index contributed by atoms with van der Waals surface area (Å²) in [5.74, 6) is -0.0932. The number of rotatable bonds is 5. The van der Waals surface area contributed by atoms with Crippen molar-refractivity contribution in [2.24, 2.45) is 0 Å². The van der Waals surface area contributed by atoms with Crippen LogP contribution in [0.15, 0.2) is 42.5 Å². The van der Waals surface area contributed by atoms with Crippen LogP contribution < -0.4 is 15.4 Å². The summed E-state index contributed by atoms with van der Waals surface area (Å²) in [5.41, 5.74) is 3.22. The zero-order chi connectivity index (χ0) is 22.1. The van der Waals surface area contributed by atoms with E-state index in [1.165, 1.54) is 5.56 Å². The fourth-order valence-corrected chi connectivity index (χ4v) is 4.56. The van der Waals surface area contributed by atoms with Crippen molar-refractivity contribution in [3.05, 3.63) is 65.0 Å². The molecule has 176 valence electrons. The van der Waals surface area contributed by atoms with Gasteiger partial charge in [-0.15, -0.1) is 17.5 Å². The Morgan fingerprint density at radius 2 is 2.00 bits per heavy atom. The molecule has 33 heavy (non-hydrogen) atoms. The van der Waals surface area contributed by atoms with Gasteiger partial charge in [-0.3, -0.25) is 0 Å². The van der Waals surface area contributed by atoms with Gasteiger partial charge in [0, 0.05) is 37.0 Å². The Bertz CT molecular complexity index is 1090. The predicted octanol–water partition coefficient (Wildman–Crippen LogP) is 3.27. The van der Waals surface area contributed by atoms with Crippen molar-refractivity contribution in [2.75, 3.05) is 19.7 Å². The molecule has 0 aliphatic carbocycles. The highest BCUT2D eigenvalue weighted by Crippen LogP contribution is 2.35. The fraction of sp³-hybridized carbons (Fsp3) is 0.409. The summed E-state index contributed by atoms with van der Waals surface area (Å²) in [4.78, 5) is 0. The van der Waals surface area contributed by atoms with Crippen LogP contribution in [0.3, 0.4) is 0 Å². The van der Waals surface area contributed by atoms with Gasteiger partial charge >= 0.3 is 6.18 Å². The standard InChI is InChI=1S/C22H23F3N6O.ClH/c23-22(24,25)21-28-29-30-31(21)17-10-15-7-9-32-20(15)16(11-17)12-27-19-6-8-26-13-18(19)14-4-2-1-3-5-14;/h1-5,10-11,18-19,26-27H,6-9,12-13H2;1H/t18-,19-;/m0./s1. The van der Waals surface area contributed by atoms with Crippen molar-refractivity contribution in [1.29, 1.82) is 0 Å². The summed E-state index contributed by atoms with van der Waals surface area (Å²) in [5, 5.41) is 17.1. The average molecular weight is 481 g/mol. The smallest absolute Gasteiger partial charge is 0.453 e. The Balaban J connectivity index is 0.00000259. The molecule has 2 N–H and O–H groups in total. The van der Waals surface area contributed by atoms with Crippen molar-refractivity contribution in [3.8, 4) is 11.4 Å². The van der Waals surface area contributed by atoms with Gasteiger partial charge in [-0.25, -0.2) is 0 Å². The van der Waals surface area contributed by atoms with E-state index in [0.29, 0.717) is 25.5 Å². The maximum atomic E-state index is 13.3. The Kier molecular flexibility index (Phi) is 6.87. The minimum Gasteiger partial charge on any atom is -0.493 e. The Labute approximate surface area is 195 Å². The molecule has 11 heteroatoms. The highest BCUT2D eigenvalue weighted by Gasteiger charge is 2.39. The Hall–Kier alpha value is -2.69. The first-order valence-electron chi connectivity index (χ1n) is 10.6. The maximum Gasteiger partial charge on any atom is 0.453 e. The fourth-order valence-electron chi connectivity index (χ4n) is 4.56. The number of tetrazole rings is 1. The zero-order valence-corrected chi connectivity index (χ0v) is 18.5. The van der Waals surface area contributed by atoms with E-state index < -0.39 is 12.0 Å². The van der Waals surface area contributed by atoms with Crippen molar-refractivity contribution in [1.82, 2.24) is 30.8 Å². The average Bonchev–Trinajstić information content (AvgIpc) is 3.47. The SMILES string of the molecule is Cl.FC(F)(F)c1nnnn1-c1cc2c(c(CN[C@H]3CCNC[C@H]3c3ccccc3)c1)OCC2.